The standard InChI is InChI=1S/C17H20N4O3S/c1-3-14(25-12-7-5-4-6-8-12)16(22)21-10-15-19-18-11(2)20(15)9-13(21)17(23)24/h4-8,13-14H,3,9-10H2,1-2H3,(H,23,24). The zero-order chi connectivity index (χ0) is 18.0. The number of aliphatic carboxylic acids is 1. The molecule has 1 N–H and O–H groups in total. The molecule has 0 aliphatic carbocycles. The monoisotopic (exact) mass is 360 g/mol. The molecule has 2 unspecified atom stereocenters. The zero-order valence-electron chi connectivity index (χ0n) is 14.1. The Labute approximate surface area is 150 Å². The van der Waals surface area contributed by atoms with Gasteiger partial charge in [0.1, 0.15) is 11.9 Å². The Kier molecular flexibility index (Phi) is 5.08. The molecule has 132 valence electrons. The normalized spacial score (nSPS) is 17.8. The number of amides is 1. The topological polar surface area (TPSA) is 88.3 Å². The molecule has 1 aliphatic heterocycles. The van der Waals surface area contributed by atoms with Gasteiger partial charge in [-0.1, -0.05) is 25.1 Å². The van der Waals surface area contributed by atoms with Crippen molar-refractivity contribution in [2.75, 3.05) is 0 Å². The van der Waals surface area contributed by atoms with Crippen molar-refractivity contribution in [1.29, 1.82) is 0 Å². The summed E-state index contributed by atoms with van der Waals surface area (Å²) in [6, 6.07) is 8.77. The van der Waals surface area contributed by atoms with E-state index in [1.165, 1.54) is 16.7 Å². The highest BCUT2D eigenvalue weighted by Gasteiger charge is 2.38. The zero-order valence-corrected chi connectivity index (χ0v) is 14.9. The Morgan fingerprint density at radius 2 is 2.04 bits per heavy atom. The molecule has 0 radical (unpaired) electrons. The number of hydrogen-bond acceptors (Lipinski definition) is 5. The lowest BCUT2D eigenvalue weighted by Crippen LogP contribution is -2.53. The smallest absolute Gasteiger partial charge is 0.328 e. The molecular formula is C17H20N4O3S. The molecule has 8 heteroatoms. The lowest BCUT2D eigenvalue weighted by Gasteiger charge is -2.35. The minimum Gasteiger partial charge on any atom is -0.480 e. The Bertz CT molecular complexity index is 777. The number of carboxylic acids is 1. The van der Waals surface area contributed by atoms with Crippen LogP contribution in [-0.2, 0) is 22.7 Å². The van der Waals surface area contributed by atoms with Gasteiger partial charge in [-0.3, -0.25) is 4.79 Å². The number of carbonyl (C=O) groups is 2. The van der Waals surface area contributed by atoms with Crippen molar-refractivity contribution in [1.82, 2.24) is 19.7 Å². The lowest BCUT2D eigenvalue weighted by molar-refractivity contribution is -0.152. The van der Waals surface area contributed by atoms with Gasteiger partial charge in [0.2, 0.25) is 5.91 Å². The number of carbonyl (C=O) groups excluding carboxylic acids is 1. The summed E-state index contributed by atoms with van der Waals surface area (Å²) in [5.41, 5.74) is 0. The van der Waals surface area contributed by atoms with Gasteiger partial charge in [0.05, 0.1) is 18.3 Å². The summed E-state index contributed by atoms with van der Waals surface area (Å²) in [6.07, 6.45) is 0.618. The van der Waals surface area contributed by atoms with E-state index in [4.69, 9.17) is 0 Å². The summed E-state index contributed by atoms with van der Waals surface area (Å²) in [5.74, 6) is 0.115. The van der Waals surface area contributed by atoms with Crippen LogP contribution in [0.2, 0.25) is 0 Å². The van der Waals surface area contributed by atoms with E-state index in [-0.39, 0.29) is 24.2 Å². The quantitative estimate of drug-likeness (QED) is 0.820. The Morgan fingerprint density at radius 1 is 1.32 bits per heavy atom. The van der Waals surface area contributed by atoms with E-state index >= 15 is 0 Å². The third kappa shape index (κ3) is 3.53. The first-order valence-electron chi connectivity index (χ1n) is 8.15. The SMILES string of the molecule is CCC(Sc1ccccc1)C(=O)N1Cc2nnc(C)n2CC1C(=O)O. The maximum atomic E-state index is 13.0. The highest BCUT2D eigenvalue weighted by atomic mass is 32.2. The van der Waals surface area contributed by atoms with Crippen molar-refractivity contribution in [3.63, 3.8) is 0 Å². The maximum absolute atomic E-state index is 13.0. The van der Waals surface area contributed by atoms with Crippen molar-refractivity contribution < 1.29 is 14.7 Å². The van der Waals surface area contributed by atoms with Crippen molar-refractivity contribution in [3.8, 4) is 0 Å². The van der Waals surface area contributed by atoms with Gasteiger partial charge in [0.15, 0.2) is 5.82 Å². The summed E-state index contributed by atoms with van der Waals surface area (Å²) in [6.45, 7) is 4.07. The predicted octanol–water partition coefficient (Wildman–Crippen LogP) is 1.95. The molecule has 1 aliphatic rings. The van der Waals surface area contributed by atoms with Crippen molar-refractivity contribution in [2.45, 2.75) is 49.5 Å². The third-order valence-electron chi connectivity index (χ3n) is 4.29. The van der Waals surface area contributed by atoms with E-state index in [1.807, 2.05) is 37.3 Å². The van der Waals surface area contributed by atoms with Crippen molar-refractivity contribution in [2.24, 2.45) is 0 Å². The summed E-state index contributed by atoms with van der Waals surface area (Å²) >= 11 is 1.46. The number of hydrogen-bond donors (Lipinski definition) is 1. The van der Waals surface area contributed by atoms with E-state index in [0.29, 0.717) is 18.1 Å². The molecule has 2 heterocycles. The number of rotatable bonds is 5. The fraction of sp³-hybridized carbons (Fsp3) is 0.412. The average molecular weight is 360 g/mol. The number of fused-ring (bicyclic) bond motifs is 1. The molecular weight excluding hydrogens is 340 g/mol. The van der Waals surface area contributed by atoms with Crippen LogP contribution >= 0.6 is 11.8 Å². The molecule has 0 spiro atoms. The molecule has 3 rings (SSSR count). The molecule has 0 fully saturated rings. The fourth-order valence-corrected chi connectivity index (χ4v) is 3.96. The maximum Gasteiger partial charge on any atom is 0.328 e. The number of carboxylic acid groups (broad SMARTS) is 1. The van der Waals surface area contributed by atoms with Gasteiger partial charge in [0.25, 0.3) is 0 Å². The molecule has 1 aromatic heterocycles. The summed E-state index contributed by atoms with van der Waals surface area (Å²) in [5, 5.41) is 17.3. The van der Waals surface area contributed by atoms with E-state index in [9.17, 15) is 14.7 Å². The lowest BCUT2D eigenvalue weighted by atomic mass is 10.1. The Balaban J connectivity index is 1.84. The number of benzene rings is 1. The van der Waals surface area contributed by atoms with Gasteiger partial charge in [-0.15, -0.1) is 22.0 Å². The van der Waals surface area contributed by atoms with Gasteiger partial charge < -0.3 is 14.6 Å². The first-order valence-corrected chi connectivity index (χ1v) is 9.03. The van der Waals surface area contributed by atoms with E-state index in [1.54, 1.807) is 11.5 Å². The van der Waals surface area contributed by atoms with Crippen LogP contribution in [0.3, 0.4) is 0 Å². The third-order valence-corrected chi connectivity index (χ3v) is 5.66. The van der Waals surface area contributed by atoms with Crippen LogP contribution in [-0.4, -0.2) is 47.9 Å². The van der Waals surface area contributed by atoms with Gasteiger partial charge in [-0.25, -0.2) is 4.79 Å². The minimum atomic E-state index is -1.01. The van der Waals surface area contributed by atoms with Gasteiger partial charge in [0, 0.05) is 4.90 Å². The summed E-state index contributed by atoms with van der Waals surface area (Å²) in [4.78, 5) is 27.2. The molecule has 1 amide bonds. The molecule has 7 nitrogen and oxygen atoms in total. The van der Waals surface area contributed by atoms with Crippen LogP contribution in [0.1, 0.15) is 25.0 Å². The first-order chi connectivity index (χ1) is 12.0. The van der Waals surface area contributed by atoms with Crippen molar-refractivity contribution >= 4 is 23.6 Å². The second-order valence-electron chi connectivity index (χ2n) is 5.92. The second-order valence-corrected chi connectivity index (χ2v) is 7.20. The molecule has 0 saturated heterocycles. The van der Waals surface area contributed by atoms with E-state index in [0.717, 1.165) is 4.90 Å². The van der Waals surface area contributed by atoms with Crippen LogP contribution in [0, 0.1) is 6.92 Å². The molecule has 25 heavy (non-hydrogen) atoms. The van der Waals surface area contributed by atoms with E-state index in [2.05, 4.69) is 10.2 Å². The van der Waals surface area contributed by atoms with Crippen LogP contribution in [0.15, 0.2) is 35.2 Å². The molecule has 2 aromatic rings. The molecule has 2 atom stereocenters. The Hall–Kier alpha value is -2.35. The van der Waals surface area contributed by atoms with Crippen LogP contribution in [0.4, 0.5) is 0 Å². The highest BCUT2D eigenvalue weighted by molar-refractivity contribution is 8.00. The second kappa shape index (κ2) is 7.26. The van der Waals surface area contributed by atoms with Gasteiger partial charge in [-0.05, 0) is 25.5 Å². The predicted molar refractivity (Wildman–Crippen MR) is 93.1 cm³/mol. The highest BCUT2D eigenvalue weighted by Crippen LogP contribution is 2.29. The van der Waals surface area contributed by atoms with Crippen LogP contribution in [0.5, 0.6) is 0 Å². The Morgan fingerprint density at radius 3 is 2.68 bits per heavy atom. The van der Waals surface area contributed by atoms with Crippen LogP contribution < -0.4 is 0 Å². The van der Waals surface area contributed by atoms with Gasteiger partial charge in [-0.2, -0.15) is 0 Å². The van der Waals surface area contributed by atoms with E-state index < -0.39 is 12.0 Å². The summed E-state index contributed by atoms with van der Waals surface area (Å²) < 4.78 is 1.77. The number of thioether (sulfide) groups is 1. The summed E-state index contributed by atoms with van der Waals surface area (Å²) in [7, 11) is 0. The number of aromatic nitrogens is 3. The molecule has 0 saturated carbocycles. The fourth-order valence-electron chi connectivity index (χ4n) is 2.91. The first kappa shape index (κ1) is 17.5. The van der Waals surface area contributed by atoms with Gasteiger partial charge >= 0.3 is 5.97 Å². The minimum absolute atomic E-state index is 0.169. The molecule has 0 bridgehead atoms. The number of nitrogens with zero attached hydrogens (tertiary/aromatic N) is 4. The largest absolute Gasteiger partial charge is 0.480 e. The molecule has 1 aromatic carbocycles. The van der Waals surface area contributed by atoms with Crippen molar-refractivity contribution in [3.05, 3.63) is 42.0 Å². The number of aryl methyl sites for hydroxylation is 1. The van der Waals surface area contributed by atoms with Crippen LogP contribution in [0.25, 0.3) is 0 Å². The average Bonchev–Trinajstić information content (AvgIpc) is 2.99.